The van der Waals surface area contributed by atoms with Crippen LogP contribution in [0.3, 0.4) is 0 Å². The summed E-state index contributed by atoms with van der Waals surface area (Å²) in [6, 6.07) is 0. The molecule has 2 fully saturated rings. The third-order valence-corrected chi connectivity index (χ3v) is 5.74. The van der Waals surface area contributed by atoms with E-state index >= 15 is 0 Å². The zero-order chi connectivity index (χ0) is 21.2. The number of hydrogen-bond acceptors (Lipinski definition) is 6. The van der Waals surface area contributed by atoms with E-state index in [2.05, 4.69) is 23.3 Å². The minimum Gasteiger partial charge on any atom is -0.488 e. The third-order valence-electron chi connectivity index (χ3n) is 5.74. The van der Waals surface area contributed by atoms with E-state index in [0.29, 0.717) is 17.4 Å². The van der Waals surface area contributed by atoms with E-state index < -0.39 is 0 Å². The van der Waals surface area contributed by atoms with Crippen LogP contribution < -0.4 is 5.43 Å². The van der Waals surface area contributed by atoms with E-state index in [1.165, 1.54) is 6.26 Å². The lowest BCUT2D eigenvalue weighted by Crippen LogP contribution is -2.36. The fraction of sp³-hybridized carbons (Fsp3) is 0.542. The molecule has 0 amide bonds. The molecule has 30 heavy (non-hydrogen) atoms. The normalized spacial score (nSPS) is 22.4. The molecule has 162 valence electrons. The van der Waals surface area contributed by atoms with Gasteiger partial charge in [-0.3, -0.25) is 9.69 Å². The van der Waals surface area contributed by atoms with Crippen LogP contribution in [0.25, 0.3) is 12.2 Å². The van der Waals surface area contributed by atoms with Gasteiger partial charge in [0.15, 0.2) is 5.43 Å². The Morgan fingerprint density at radius 1 is 1.23 bits per heavy atom. The zero-order valence-electron chi connectivity index (χ0n) is 17.7. The molecule has 0 atom stereocenters. The molecule has 6 nitrogen and oxygen atoms in total. The van der Waals surface area contributed by atoms with Crippen molar-refractivity contribution >= 4 is 12.2 Å². The quantitative estimate of drug-likeness (QED) is 0.388. The Hall–Kier alpha value is -2.33. The van der Waals surface area contributed by atoms with Gasteiger partial charge in [-0.15, -0.1) is 0 Å². The van der Waals surface area contributed by atoms with Crippen LogP contribution in [0.1, 0.15) is 48.5 Å². The average molecular weight is 414 g/mol. The predicted octanol–water partition coefficient (Wildman–Crippen LogP) is 3.28. The minimum atomic E-state index is -0.0120. The Kier molecular flexibility index (Phi) is 8.76. The Labute approximate surface area is 178 Å². The maximum Gasteiger partial charge on any atom is 0.196 e. The van der Waals surface area contributed by atoms with Crippen LogP contribution in [0.5, 0.6) is 0 Å². The van der Waals surface area contributed by atoms with Crippen LogP contribution in [0.2, 0.25) is 0 Å². The summed E-state index contributed by atoms with van der Waals surface area (Å²) in [4.78, 5) is 15.2. The lowest BCUT2D eigenvalue weighted by atomic mass is 9.83. The molecule has 6 heteroatoms. The van der Waals surface area contributed by atoms with E-state index in [9.17, 15) is 4.79 Å². The first-order valence-corrected chi connectivity index (χ1v) is 10.6. The number of morpholine rings is 1. The second-order valence-electron chi connectivity index (χ2n) is 7.57. The third kappa shape index (κ3) is 6.09. The second-order valence-corrected chi connectivity index (χ2v) is 7.57. The average Bonchev–Trinajstić information content (AvgIpc) is 2.79. The Bertz CT molecular complexity index is 833. The van der Waals surface area contributed by atoms with E-state index in [0.717, 1.165) is 64.1 Å². The van der Waals surface area contributed by atoms with Gasteiger partial charge < -0.3 is 18.6 Å². The minimum absolute atomic E-state index is 0.0120. The summed E-state index contributed by atoms with van der Waals surface area (Å²) in [6.45, 7) is 8.17. The molecule has 0 unspecified atom stereocenters. The maximum atomic E-state index is 12.9. The van der Waals surface area contributed by atoms with Gasteiger partial charge in [0.25, 0.3) is 0 Å². The summed E-state index contributed by atoms with van der Waals surface area (Å²) >= 11 is 0. The van der Waals surface area contributed by atoms with Gasteiger partial charge in [0.05, 0.1) is 44.0 Å². The molecule has 2 heterocycles. The van der Waals surface area contributed by atoms with Gasteiger partial charge in [-0.2, -0.15) is 0 Å². The van der Waals surface area contributed by atoms with Crippen LogP contribution in [0.15, 0.2) is 28.3 Å². The lowest BCUT2D eigenvalue weighted by molar-refractivity contribution is 0.0443. The van der Waals surface area contributed by atoms with Crippen molar-refractivity contribution in [3.63, 3.8) is 0 Å². The van der Waals surface area contributed by atoms with Crippen molar-refractivity contribution in [2.75, 3.05) is 46.6 Å². The molecule has 0 bridgehead atoms. The predicted molar refractivity (Wildman–Crippen MR) is 117 cm³/mol. The fourth-order valence-corrected chi connectivity index (χ4v) is 3.90. The fourth-order valence-electron chi connectivity index (χ4n) is 3.90. The maximum absolute atomic E-state index is 12.9. The summed E-state index contributed by atoms with van der Waals surface area (Å²) in [5.74, 6) is 6.75. The molecule has 0 spiro atoms. The van der Waals surface area contributed by atoms with E-state index in [4.69, 9.17) is 18.6 Å². The van der Waals surface area contributed by atoms with Crippen molar-refractivity contribution in [2.24, 2.45) is 0 Å². The van der Waals surface area contributed by atoms with Crippen molar-refractivity contribution in [3.05, 3.63) is 46.2 Å². The van der Waals surface area contributed by atoms with E-state index in [-0.39, 0.29) is 18.0 Å². The SMILES string of the molecule is C=Cc1c(/C=C/OCC#CCN2CCOCC2)occ(C2CCC(OC)CC2)c1=O. The van der Waals surface area contributed by atoms with Crippen molar-refractivity contribution in [1.29, 1.82) is 0 Å². The van der Waals surface area contributed by atoms with Gasteiger partial charge in [-0.1, -0.05) is 24.5 Å². The van der Waals surface area contributed by atoms with Gasteiger partial charge in [-0.05, 0) is 31.6 Å². The second kappa shape index (κ2) is 11.8. The van der Waals surface area contributed by atoms with Gasteiger partial charge in [-0.25, -0.2) is 0 Å². The molecule has 1 saturated carbocycles. The molecule has 0 N–H and O–H groups in total. The molecule has 1 aliphatic carbocycles. The molecule has 3 rings (SSSR count). The number of rotatable bonds is 7. The van der Waals surface area contributed by atoms with Crippen LogP contribution in [0, 0.1) is 11.8 Å². The first-order valence-electron chi connectivity index (χ1n) is 10.6. The number of hydrogen-bond donors (Lipinski definition) is 0. The monoisotopic (exact) mass is 413 g/mol. The van der Waals surface area contributed by atoms with Crippen LogP contribution in [-0.4, -0.2) is 57.6 Å². The van der Waals surface area contributed by atoms with Crippen LogP contribution in [0.4, 0.5) is 0 Å². The zero-order valence-corrected chi connectivity index (χ0v) is 17.7. The summed E-state index contributed by atoms with van der Waals surface area (Å²) in [5, 5.41) is 0. The van der Waals surface area contributed by atoms with E-state index in [1.54, 1.807) is 25.5 Å². The Morgan fingerprint density at radius 3 is 2.70 bits per heavy atom. The first kappa shape index (κ1) is 22.4. The van der Waals surface area contributed by atoms with Gasteiger partial charge in [0, 0.05) is 31.8 Å². The largest absolute Gasteiger partial charge is 0.488 e. The number of ether oxygens (including phenoxy) is 3. The van der Waals surface area contributed by atoms with Gasteiger partial charge in [0.1, 0.15) is 12.4 Å². The highest BCUT2D eigenvalue weighted by atomic mass is 16.5. The Balaban J connectivity index is 1.54. The molecular weight excluding hydrogens is 382 g/mol. The van der Waals surface area contributed by atoms with Crippen molar-refractivity contribution in [1.82, 2.24) is 4.90 Å². The molecule has 1 saturated heterocycles. The topological polar surface area (TPSA) is 61.1 Å². The smallest absolute Gasteiger partial charge is 0.196 e. The summed E-state index contributed by atoms with van der Waals surface area (Å²) in [6.07, 6.45) is 10.4. The molecule has 1 aromatic rings. The lowest BCUT2D eigenvalue weighted by Gasteiger charge is -2.27. The standard InChI is InChI=1S/C24H31NO5/c1-3-21-23(10-15-28-14-5-4-11-25-12-16-29-17-13-25)30-18-22(24(21)26)19-6-8-20(27-2)9-7-19/h3,10,15,18-20H,1,6-9,11-14,16-17H2,2H3/b15-10+. The number of nitrogens with zero attached hydrogens (tertiary/aromatic N) is 1. The van der Waals surface area contributed by atoms with Crippen molar-refractivity contribution in [2.45, 2.75) is 37.7 Å². The highest BCUT2D eigenvalue weighted by Crippen LogP contribution is 2.33. The molecule has 1 aromatic heterocycles. The Morgan fingerprint density at radius 2 is 2.00 bits per heavy atom. The highest BCUT2D eigenvalue weighted by molar-refractivity contribution is 5.60. The molecule has 0 aromatic carbocycles. The molecular formula is C24H31NO5. The summed E-state index contributed by atoms with van der Waals surface area (Å²) < 4.78 is 21.9. The first-order chi connectivity index (χ1) is 14.7. The molecule has 2 aliphatic rings. The summed E-state index contributed by atoms with van der Waals surface area (Å²) in [5.41, 5.74) is 1.19. The highest BCUT2D eigenvalue weighted by Gasteiger charge is 2.25. The van der Waals surface area contributed by atoms with Crippen LogP contribution in [-0.2, 0) is 14.2 Å². The van der Waals surface area contributed by atoms with Gasteiger partial charge >= 0.3 is 0 Å². The van der Waals surface area contributed by atoms with Gasteiger partial charge in [0.2, 0.25) is 0 Å². The summed E-state index contributed by atoms with van der Waals surface area (Å²) in [7, 11) is 1.74. The molecule has 1 aliphatic heterocycles. The van der Waals surface area contributed by atoms with E-state index in [1.807, 2.05) is 0 Å². The molecule has 0 radical (unpaired) electrons. The van der Waals surface area contributed by atoms with Crippen molar-refractivity contribution in [3.8, 4) is 11.8 Å². The number of methoxy groups -OCH3 is 1. The van der Waals surface area contributed by atoms with Crippen molar-refractivity contribution < 1.29 is 18.6 Å². The van der Waals surface area contributed by atoms with Crippen LogP contribution >= 0.6 is 0 Å².